The van der Waals surface area contributed by atoms with Crippen LogP contribution in [0.2, 0.25) is 0 Å². The number of halogens is 4. The van der Waals surface area contributed by atoms with Crippen LogP contribution in [0.15, 0.2) is 60.9 Å². The lowest BCUT2D eigenvalue weighted by molar-refractivity contribution is -0.274. The minimum atomic E-state index is -4.82. The lowest BCUT2D eigenvalue weighted by atomic mass is 10.0. The minimum absolute atomic E-state index is 0.0506. The first-order chi connectivity index (χ1) is 13.8. The van der Waals surface area contributed by atoms with Gasteiger partial charge in [-0.15, -0.1) is 13.2 Å². The fraction of sp³-hybridized carbons (Fsp3) is 0.100. The molecule has 0 spiro atoms. The number of rotatable bonds is 5. The van der Waals surface area contributed by atoms with Crippen molar-refractivity contribution in [3.8, 4) is 16.9 Å². The van der Waals surface area contributed by atoms with E-state index in [1.165, 1.54) is 49.8 Å². The number of anilines is 2. The highest BCUT2D eigenvalue weighted by Gasteiger charge is 2.31. The number of ether oxygens (including phenoxy) is 2. The third-order valence-electron chi connectivity index (χ3n) is 3.87. The van der Waals surface area contributed by atoms with E-state index in [1.807, 2.05) is 0 Å². The van der Waals surface area contributed by atoms with Crippen molar-refractivity contribution in [2.45, 2.75) is 6.36 Å². The highest BCUT2D eigenvalue weighted by atomic mass is 19.4. The molecule has 9 heteroatoms. The molecule has 2 aromatic carbocycles. The second-order valence-electron chi connectivity index (χ2n) is 5.81. The van der Waals surface area contributed by atoms with Crippen LogP contribution in [0.5, 0.6) is 5.75 Å². The van der Waals surface area contributed by atoms with Crippen LogP contribution in [0.4, 0.5) is 28.9 Å². The molecule has 150 valence electrons. The summed E-state index contributed by atoms with van der Waals surface area (Å²) in [6.45, 7) is 0. The van der Waals surface area contributed by atoms with Gasteiger partial charge in [0, 0.05) is 6.20 Å². The predicted molar refractivity (Wildman–Crippen MR) is 97.4 cm³/mol. The van der Waals surface area contributed by atoms with Gasteiger partial charge >= 0.3 is 12.3 Å². The molecule has 0 aliphatic carbocycles. The van der Waals surface area contributed by atoms with Gasteiger partial charge in [-0.1, -0.05) is 18.2 Å². The molecular weight excluding hydrogens is 392 g/mol. The Balaban J connectivity index is 1.87. The predicted octanol–water partition coefficient (Wildman–Crippen LogP) is 5.32. The van der Waals surface area contributed by atoms with Gasteiger partial charge in [0.25, 0.3) is 0 Å². The van der Waals surface area contributed by atoms with Crippen molar-refractivity contribution in [2.75, 3.05) is 12.4 Å². The van der Waals surface area contributed by atoms with Crippen molar-refractivity contribution in [1.82, 2.24) is 4.98 Å². The van der Waals surface area contributed by atoms with Gasteiger partial charge in [0.1, 0.15) is 11.6 Å². The Morgan fingerprint density at radius 1 is 1.03 bits per heavy atom. The van der Waals surface area contributed by atoms with Crippen molar-refractivity contribution in [3.05, 3.63) is 72.3 Å². The molecule has 0 saturated heterocycles. The van der Waals surface area contributed by atoms with Gasteiger partial charge in [-0.2, -0.15) is 0 Å². The van der Waals surface area contributed by atoms with E-state index in [9.17, 15) is 22.4 Å². The largest absolute Gasteiger partial charge is 0.573 e. The van der Waals surface area contributed by atoms with Gasteiger partial charge in [-0.3, -0.25) is 4.98 Å². The Bertz CT molecular complexity index is 1040. The van der Waals surface area contributed by atoms with Crippen LogP contribution in [-0.4, -0.2) is 24.4 Å². The summed E-state index contributed by atoms with van der Waals surface area (Å²) in [6.07, 6.45) is -2.08. The maximum absolute atomic E-state index is 14.6. The van der Waals surface area contributed by atoms with E-state index in [2.05, 4.69) is 19.8 Å². The SMILES string of the molecule is COC(=O)c1ccncc1Nc1ccc(-c2cccc(OC(F)(F)F)c2)cc1F. The summed E-state index contributed by atoms with van der Waals surface area (Å²) in [5, 5.41) is 2.77. The zero-order valence-electron chi connectivity index (χ0n) is 15.0. The van der Waals surface area contributed by atoms with E-state index in [4.69, 9.17) is 0 Å². The summed E-state index contributed by atoms with van der Waals surface area (Å²) in [5.74, 6) is -1.70. The molecule has 5 nitrogen and oxygen atoms in total. The maximum atomic E-state index is 14.6. The number of carbonyl (C=O) groups is 1. The Morgan fingerprint density at radius 3 is 2.48 bits per heavy atom. The molecule has 1 N–H and O–H groups in total. The fourth-order valence-corrected chi connectivity index (χ4v) is 2.60. The van der Waals surface area contributed by atoms with Gasteiger partial charge in [0.2, 0.25) is 0 Å². The van der Waals surface area contributed by atoms with Crippen molar-refractivity contribution in [3.63, 3.8) is 0 Å². The average Bonchev–Trinajstić information content (AvgIpc) is 2.68. The van der Waals surface area contributed by atoms with Crippen LogP contribution in [0.1, 0.15) is 10.4 Å². The summed E-state index contributed by atoms with van der Waals surface area (Å²) in [6, 6.07) is 10.7. The normalized spacial score (nSPS) is 11.1. The monoisotopic (exact) mass is 406 g/mol. The zero-order chi connectivity index (χ0) is 21.0. The second kappa shape index (κ2) is 8.17. The molecule has 0 fully saturated rings. The second-order valence-corrected chi connectivity index (χ2v) is 5.81. The van der Waals surface area contributed by atoms with Crippen LogP contribution in [-0.2, 0) is 4.74 Å². The van der Waals surface area contributed by atoms with Crippen LogP contribution in [0, 0.1) is 5.82 Å². The Hall–Kier alpha value is -3.62. The summed E-state index contributed by atoms with van der Waals surface area (Å²) < 4.78 is 60.3. The minimum Gasteiger partial charge on any atom is -0.465 e. The Labute approximate surface area is 162 Å². The zero-order valence-corrected chi connectivity index (χ0v) is 15.0. The smallest absolute Gasteiger partial charge is 0.465 e. The van der Waals surface area contributed by atoms with E-state index >= 15 is 0 Å². The lowest BCUT2D eigenvalue weighted by Gasteiger charge is -2.13. The van der Waals surface area contributed by atoms with Crippen LogP contribution >= 0.6 is 0 Å². The molecule has 0 radical (unpaired) electrons. The van der Waals surface area contributed by atoms with E-state index in [1.54, 1.807) is 0 Å². The average molecular weight is 406 g/mol. The van der Waals surface area contributed by atoms with Gasteiger partial charge < -0.3 is 14.8 Å². The summed E-state index contributed by atoms with van der Waals surface area (Å²) >= 11 is 0. The van der Waals surface area contributed by atoms with Gasteiger partial charge in [0.05, 0.1) is 30.2 Å². The molecule has 1 heterocycles. The number of carbonyl (C=O) groups excluding carboxylic acids is 1. The summed E-state index contributed by atoms with van der Waals surface area (Å²) in [7, 11) is 1.22. The van der Waals surface area contributed by atoms with Crippen LogP contribution in [0.25, 0.3) is 11.1 Å². The first-order valence-electron chi connectivity index (χ1n) is 8.22. The first kappa shape index (κ1) is 20.1. The molecule has 1 aromatic heterocycles. The summed E-state index contributed by atoms with van der Waals surface area (Å²) in [4.78, 5) is 15.7. The lowest BCUT2D eigenvalue weighted by Crippen LogP contribution is -2.17. The maximum Gasteiger partial charge on any atom is 0.573 e. The number of pyridine rings is 1. The molecular formula is C20H14F4N2O3. The number of benzene rings is 2. The third-order valence-corrected chi connectivity index (χ3v) is 3.87. The molecule has 3 aromatic rings. The molecule has 0 unspecified atom stereocenters. The highest BCUT2D eigenvalue weighted by Crippen LogP contribution is 2.31. The van der Waals surface area contributed by atoms with Gasteiger partial charge in [-0.25, -0.2) is 9.18 Å². The Morgan fingerprint density at radius 2 is 1.79 bits per heavy atom. The van der Waals surface area contributed by atoms with E-state index in [0.29, 0.717) is 11.1 Å². The molecule has 3 rings (SSSR count). The molecule has 0 amide bonds. The number of aromatic nitrogens is 1. The van der Waals surface area contributed by atoms with E-state index in [-0.39, 0.29) is 16.9 Å². The number of hydrogen-bond acceptors (Lipinski definition) is 5. The molecule has 0 aliphatic heterocycles. The first-order valence-corrected chi connectivity index (χ1v) is 8.22. The number of alkyl halides is 3. The number of nitrogens with zero attached hydrogens (tertiary/aromatic N) is 1. The highest BCUT2D eigenvalue weighted by molar-refractivity contribution is 5.96. The Kier molecular flexibility index (Phi) is 5.67. The van der Waals surface area contributed by atoms with Crippen LogP contribution < -0.4 is 10.1 Å². The van der Waals surface area contributed by atoms with Crippen molar-refractivity contribution >= 4 is 17.3 Å². The molecule has 0 aliphatic rings. The molecule has 0 atom stereocenters. The van der Waals surface area contributed by atoms with Crippen molar-refractivity contribution < 1.29 is 31.8 Å². The summed E-state index contributed by atoms with van der Waals surface area (Å²) in [5.41, 5.74) is 1.15. The topological polar surface area (TPSA) is 60.5 Å². The van der Waals surface area contributed by atoms with Gasteiger partial charge in [0.15, 0.2) is 0 Å². The van der Waals surface area contributed by atoms with Crippen molar-refractivity contribution in [2.24, 2.45) is 0 Å². The molecule has 29 heavy (non-hydrogen) atoms. The van der Waals surface area contributed by atoms with E-state index < -0.39 is 23.9 Å². The fourth-order valence-electron chi connectivity index (χ4n) is 2.60. The quantitative estimate of drug-likeness (QED) is 0.459. The standard InChI is InChI=1S/C20H14F4N2O3/c1-28-19(27)15-7-8-25-11-18(15)26-17-6-5-13(10-16(17)21)12-3-2-4-14(9-12)29-20(22,23)24/h2-11,26H,1H3. The number of nitrogens with one attached hydrogen (secondary N) is 1. The molecule has 0 saturated carbocycles. The number of hydrogen-bond donors (Lipinski definition) is 1. The number of esters is 1. The van der Waals surface area contributed by atoms with E-state index in [0.717, 1.165) is 18.2 Å². The van der Waals surface area contributed by atoms with Crippen LogP contribution in [0.3, 0.4) is 0 Å². The third kappa shape index (κ3) is 5.01. The van der Waals surface area contributed by atoms with Gasteiger partial charge in [-0.05, 0) is 41.5 Å². The number of methoxy groups -OCH3 is 1. The molecule has 0 bridgehead atoms. The van der Waals surface area contributed by atoms with Crippen molar-refractivity contribution in [1.29, 1.82) is 0 Å².